The predicted octanol–water partition coefficient (Wildman–Crippen LogP) is 1.41. The maximum absolute atomic E-state index is 5.77. The zero-order valence-corrected chi connectivity index (χ0v) is 14.7. The van der Waals surface area contributed by atoms with Crippen molar-refractivity contribution in [3.8, 4) is 11.6 Å². The first-order valence-electron chi connectivity index (χ1n) is 8.51. The van der Waals surface area contributed by atoms with Crippen LogP contribution in [0, 0.1) is 0 Å². The zero-order chi connectivity index (χ0) is 17.5. The molecule has 1 aliphatic heterocycles. The second kappa shape index (κ2) is 8.06. The number of aromatic nitrogens is 3. The minimum Gasteiger partial charge on any atom is -0.373 e. The predicted molar refractivity (Wildman–Crippen MR) is 94.2 cm³/mol. The van der Waals surface area contributed by atoms with Crippen molar-refractivity contribution in [3.05, 3.63) is 30.2 Å². The Labute approximate surface area is 147 Å². The fourth-order valence-electron chi connectivity index (χ4n) is 2.71. The summed E-state index contributed by atoms with van der Waals surface area (Å²) in [5, 5.41) is 10.6. The molecule has 2 N–H and O–H groups in total. The molecule has 0 amide bonds. The number of nitrogens with one attached hydrogen (secondary N) is 2. The molecular weight excluding hydrogens is 320 g/mol. The minimum absolute atomic E-state index is 0.108. The average molecular weight is 344 g/mol. The Morgan fingerprint density at radius 1 is 1.36 bits per heavy atom. The summed E-state index contributed by atoms with van der Waals surface area (Å²) < 4.78 is 11.0. The first-order chi connectivity index (χ1) is 12.2. The summed E-state index contributed by atoms with van der Waals surface area (Å²) in [7, 11) is 1.75. The molecule has 0 bridgehead atoms. The van der Waals surface area contributed by atoms with Gasteiger partial charge in [0.1, 0.15) is 5.69 Å². The smallest absolute Gasteiger partial charge is 0.276 e. The Hall–Kier alpha value is -2.48. The lowest BCUT2D eigenvalue weighted by molar-refractivity contribution is 0.0243. The largest absolute Gasteiger partial charge is 0.373 e. The van der Waals surface area contributed by atoms with Gasteiger partial charge < -0.3 is 19.9 Å². The van der Waals surface area contributed by atoms with Gasteiger partial charge in [0.25, 0.3) is 5.89 Å². The summed E-state index contributed by atoms with van der Waals surface area (Å²) >= 11 is 0. The number of pyridine rings is 1. The molecule has 2 aromatic heterocycles. The minimum atomic E-state index is -0.108. The van der Waals surface area contributed by atoms with Crippen molar-refractivity contribution in [2.75, 3.05) is 26.7 Å². The van der Waals surface area contributed by atoms with E-state index >= 15 is 0 Å². The van der Waals surface area contributed by atoms with Crippen LogP contribution in [0.15, 0.2) is 33.9 Å². The van der Waals surface area contributed by atoms with Crippen molar-refractivity contribution in [2.24, 2.45) is 4.99 Å². The number of hydrogen-bond acceptors (Lipinski definition) is 6. The van der Waals surface area contributed by atoms with Gasteiger partial charge in [-0.2, -0.15) is 4.98 Å². The van der Waals surface area contributed by atoms with Crippen LogP contribution in [0.2, 0.25) is 0 Å². The van der Waals surface area contributed by atoms with E-state index < -0.39 is 0 Å². The van der Waals surface area contributed by atoms with Crippen LogP contribution in [0.25, 0.3) is 11.6 Å². The molecule has 0 aromatic carbocycles. The average Bonchev–Trinajstić information content (AvgIpc) is 3.28. The third-order valence-electron chi connectivity index (χ3n) is 4.15. The highest BCUT2D eigenvalue weighted by atomic mass is 16.5. The van der Waals surface area contributed by atoms with Crippen molar-refractivity contribution in [2.45, 2.75) is 31.8 Å². The van der Waals surface area contributed by atoms with E-state index in [1.165, 1.54) is 0 Å². The molecular formula is C17H24N6O2. The monoisotopic (exact) mass is 344 g/mol. The number of hydrogen-bond donors (Lipinski definition) is 2. The maximum atomic E-state index is 5.77. The molecule has 0 aliphatic carbocycles. The zero-order valence-electron chi connectivity index (χ0n) is 14.7. The van der Waals surface area contributed by atoms with E-state index in [9.17, 15) is 0 Å². The Bertz CT molecular complexity index is 694. The molecule has 8 heteroatoms. The summed E-state index contributed by atoms with van der Waals surface area (Å²) in [4.78, 5) is 12.8. The molecule has 3 heterocycles. The van der Waals surface area contributed by atoms with Crippen LogP contribution in [0.3, 0.4) is 0 Å². The topological polar surface area (TPSA) is 97.5 Å². The number of rotatable bonds is 6. The van der Waals surface area contributed by atoms with Crippen molar-refractivity contribution in [1.82, 2.24) is 25.8 Å². The molecule has 8 nitrogen and oxygen atoms in total. The number of aliphatic imine (C=N–C) groups is 1. The van der Waals surface area contributed by atoms with Crippen LogP contribution in [0.5, 0.6) is 0 Å². The van der Waals surface area contributed by atoms with Gasteiger partial charge in [0, 0.05) is 39.4 Å². The van der Waals surface area contributed by atoms with Gasteiger partial charge in [-0.25, -0.2) is 0 Å². The van der Waals surface area contributed by atoms with Crippen molar-refractivity contribution in [1.29, 1.82) is 0 Å². The van der Waals surface area contributed by atoms with Crippen LogP contribution in [-0.2, 0) is 11.2 Å². The molecule has 1 fully saturated rings. The number of nitrogens with zero attached hydrogens (tertiary/aromatic N) is 4. The Balaban J connectivity index is 1.44. The first-order valence-corrected chi connectivity index (χ1v) is 8.51. The van der Waals surface area contributed by atoms with Gasteiger partial charge >= 0.3 is 0 Å². The molecule has 1 atom stereocenters. The molecule has 134 valence electrons. The Morgan fingerprint density at radius 3 is 3.00 bits per heavy atom. The maximum Gasteiger partial charge on any atom is 0.276 e. The van der Waals surface area contributed by atoms with E-state index in [-0.39, 0.29) is 5.60 Å². The van der Waals surface area contributed by atoms with Gasteiger partial charge in [0.05, 0.1) is 5.60 Å². The van der Waals surface area contributed by atoms with E-state index in [1.807, 2.05) is 18.2 Å². The summed E-state index contributed by atoms with van der Waals surface area (Å²) in [6.07, 6.45) is 4.51. The lowest BCUT2D eigenvalue weighted by atomic mass is 10.0. The number of guanidine groups is 1. The molecule has 0 spiro atoms. The van der Waals surface area contributed by atoms with Gasteiger partial charge in [-0.1, -0.05) is 11.2 Å². The SMILES string of the molecule is CN=C(NCCc1noc(-c2ccccn2)n1)NCC1(C)CCCO1. The standard InChI is InChI=1S/C17H24N6O2/c1-17(8-5-11-24-17)12-21-16(18-2)20-10-7-14-22-15(25-23-14)13-6-3-4-9-19-13/h3-4,6,9H,5,7-8,10-12H2,1-2H3,(H2,18,20,21). The van der Waals surface area contributed by atoms with Crippen LogP contribution in [-0.4, -0.2) is 53.4 Å². The van der Waals surface area contributed by atoms with Crippen molar-refractivity contribution >= 4 is 5.96 Å². The summed E-state index contributed by atoms with van der Waals surface area (Å²) in [6.45, 7) is 4.34. The van der Waals surface area contributed by atoms with E-state index in [0.717, 1.165) is 32.0 Å². The van der Waals surface area contributed by atoms with Gasteiger partial charge in [0.2, 0.25) is 0 Å². The lowest BCUT2D eigenvalue weighted by Gasteiger charge is -2.24. The highest BCUT2D eigenvalue weighted by Crippen LogP contribution is 2.23. The highest BCUT2D eigenvalue weighted by Gasteiger charge is 2.29. The van der Waals surface area contributed by atoms with Crippen molar-refractivity contribution in [3.63, 3.8) is 0 Å². The molecule has 1 saturated heterocycles. The molecule has 3 rings (SSSR count). The second-order valence-corrected chi connectivity index (χ2v) is 6.24. The first kappa shape index (κ1) is 17.3. The summed E-state index contributed by atoms with van der Waals surface area (Å²) in [5.74, 6) is 1.81. The van der Waals surface area contributed by atoms with Crippen LogP contribution < -0.4 is 10.6 Å². The van der Waals surface area contributed by atoms with Gasteiger partial charge in [-0.3, -0.25) is 9.98 Å². The van der Waals surface area contributed by atoms with Crippen LogP contribution in [0.1, 0.15) is 25.6 Å². The summed E-state index contributed by atoms with van der Waals surface area (Å²) in [6, 6.07) is 5.57. The molecule has 0 radical (unpaired) electrons. The Kier molecular flexibility index (Phi) is 5.60. The quantitative estimate of drug-likeness (QED) is 0.604. The third-order valence-corrected chi connectivity index (χ3v) is 4.15. The normalized spacial score (nSPS) is 20.6. The Morgan fingerprint density at radius 2 is 2.28 bits per heavy atom. The van der Waals surface area contributed by atoms with E-state index in [4.69, 9.17) is 9.26 Å². The molecule has 25 heavy (non-hydrogen) atoms. The van der Waals surface area contributed by atoms with Gasteiger partial charge in [-0.15, -0.1) is 0 Å². The van der Waals surface area contributed by atoms with Gasteiger partial charge in [-0.05, 0) is 31.9 Å². The molecule has 0 saturated carbocycles. The third kappa shape index (κ3) is 4.76. The van der Waals surface area contributed by atoms with E-state index in [1.54, 1.807) is 13.2 Å². The molecule has 1 aliphatic rings. The fourth-order valence-corrected chi connectivity index (χ4v) is 2.71. The van der Waals surface area contributed by atoms with Crippen molar-refractivity contribution < 1.29 is 9.26 Å². The van der Waals surface area contributed by atoms with E-state index in [2.05, 4.69) is 37.7 Å². The fraction of sp³-hybridized carbons (Fsp3) is 0.529. The summed E-state index contributed by atoms with van der Waals surface area (Å²) in [5.41, 5.74) is 0.569. The van der Waals surface area contributed by atoms with Gasteiger partial charge in [0.15, 0.2) is 11.8 Å². The second-order valence-electron chi connectivity index (χ2n) is 6.24. The number of ether oxygens (including phenoxy) is 1. The highest BCUT2D eigenvalue weighted by molar-refractivity contribution is 5.79. The van der Waals surface area contributed by atoms with Crippen LogP contribution in [0.4, 0.5) is 0 Å². The molecule has 1 unspecified atom stereocenters. The van der Waals surface area contributed by atoms with Crippen LogP contribution >= 0.6 is 0 Å². The lowest BCUT2D eigenvalue weighted by Crippen LogP contribution is -2.46. The molecule has 2 aromatic rings. The van der Waals surface area contributed by atoms with E-state index in [0.29, 0.717) is 30.4 Å².